The van der Waals surface area contributed by atoms with Gasteiger partial charge in [-0.15, -0.1) is 0 Å². The lowest BCUT2D eigenvalue weighted by molar-refractivity contribution is -0.120. The van der Waals surface area contributed by atoms with Crippen LogP contribution in [0.5, 0.6) is 0 Å². The third kappa shape index (κ3) is 3.55. The van der Waals surface area contributed by atoms with Crippen molar-refractivity contribution in [2.45, 2.75) is 57.5 Å². The van der Waals surface area contributed by atoms with Gasteiger partial charge in [0.25, 0.3) is 0 Å². The molecule has 1 atom stereocenters. The molecule has 1 saturated carbocycles. The molecule has 1 aromatic carbocycles. The zero-order chi connectivity index (χ0) is 19.5. The van der Waals surface area contributed by atoms with Crippen LogP contribution in [0.2, 0.25) is 0 Å². The van der Waals surface area contributed by atoms with E-state index in [2.05, 4.69) is 46.4 Å². The number of rotatable bonds is 6. The minimum absolute atomic E-state index is 0.132. The van der Waals surface area contributed by atoms with Crippen molar-refractivity contribution in [2.75, 3.05) is 28.7 Å². The molecule has 2 aliphatic rings. The molecular weight excluding hydrogens is 350 g/mol. The molecule has 0 bridgehead atoms. The van der Waals surface area contributed by atoms with Gasteiger partial charge in [-0.1, -0.05) is 50.1 Å². The normalized spacial score (nSPS) is 19.8. The Bertz CT molecular complexity index is 819. The third-order valence-electron chi connectivity index (χ3n) is 5.95. The molecule has 1 amide bonds. The molecular formula is C22H29N5O. The second-order valence-electron chi connectivity index (χ2n) is 7.73. The molecule has 1 N–H and O–H groups in total. The van der Waals surface area contributed by atoms with Crippen molar-refractivity contribution < 1.29 is 4.79 Å². The fraction of sp³-hybridized carbons (Fsp3) is 0.500. The highest BCUT2D eigenvalue weighted by atomic mass is 16.2. The Labute approximate surface area is 167 Å². The molecule has 1 aliphatic heterocycles. The molecule has 28 heavy (non-hydrogen) atoms. The first-order valence-electron chi connectivity index (χ1n) is 10.4. The van der Waals surface area contributed by atoms with E-state index < -0.39 is 0 Å². The van der Waals surface area contributed by atoms with E-state index in [0.29, 0.717) is 12.0 Å². The van der Waals surface area contributed by atoms with Crippen LogP contribution in [-0.2, 0) is 11.2 Å². The first kappa shape index (κ1) is 18.7. The van der Waals surface area contributed by atoms with Crippen LogP contribution in [0.25, 0.3) is 0 Å². The van der Waals surface area contributed by atoms with Crippen LogP contribution in [0.1, 0.15) is 44.6 Å². The highest BCUT2D eigenvalue weighted by molar-refractivity contribution is 6.04. The van der Waals surface area contributed by atoms with Gasteiger partial charge in [0.05, 0.1) is 6.20 Å². The number of carbonyl (C=O) groups is 1. The van der Waals surface area contributed by atoms with Crippen molar-refractivity contribution in [3.63, 3.8) is 0 Å². The number of anilines is 3. The van der Waals surface area contributed by atoms with Gasteiger partial charge in [0, 0.05) is 19.6 Å². The SMILES string of the molecule is CC[C@@H]1C(=O)N(C)c2cnc(NCCc3ccccc3)nc2N1C1CCCC1. The standard InChI is InChI=1S/C22H29N5O/c1-3-18-21(28)26(2)19-15-24-22(23-14-13-16-9-5-4-6-10-16)25-20(19)27(18)17-11-7-8-12-17/h4-6,9-10,15,17-18H,3,7-8,11-14H2,1-2H3,(H,23,24,25)/t18-/m1/s1. The second kappa shape index (κ2) is 8.17. The number of amides is 1. The Morgan fingerprint density at radius 2 is 1.93 bits per heavy atom. The van der Waals surface area contributed by atoms with Crippen LogP contribution < -0.4 is 15.1 Å². The van der Waals surface area contributed by atoms with Gasteiger partial charge < -0.3 is 15.1 Å². The molecule has 2 heterocycles. The lowest BCUT2D eigenvalue weighted by atomic mass is 10.0. The van der Waals surface area contributed by atoms with Crippen LogP contribution in [0.15, 0.2) is 36.5 Å². The van der Waals surface area contributed by atoms with E-state index in [1.807, 2.05) is 13.1 Å². The van der Waals surface area contributed by atoms with Crippen LogP contribution in [-0.4, -0.2) is 41.6 Å². The fourth-order valence-electron chi connectivity index (χ4n) is 4.43. The molecule has 0 radical (unpaired) electrons. The van der Waals surface area contributed by atoms with E-state index in [1.54, 1.807) is 11.1 Å². The van der Waals surface area contributed by atoms with Crippen molar-refractivity contribution in [3.05, 3.63) is 42.1 Å². The van der Waals surface area contributed by atoms with Gasteiger partial charge in [-0.25, -0.2) is 4.98 Å². The van der Waals surface area contributed by atoms with Crippen LogP contribution in [0, 0.1) is 0 Å². The zero-order valence-corrected chi connectivity index (χ0v) is 16.8. The quantitative estimate of drug-likeness (QED) is 0.830. The molecule has 6 nitrogen and oxygen atoms in total. The van der Waals surface area contributed by atoms with Gasteiger partial charge >= 0.3 is 0 Å². The fourth-order valence-corrected chi connectivity index (χ4v) is 4.43. The summed E-state index contributed by atoms with van der Waals surface area (Å²) in [5, 5.41) is 3.36. The van der Waals surface area contributed by atoms with E-state index in [1.165, 1.54) is 18.4 Å². The summed E-state index contributed by atoms with van der Waals surface area (Å²) in [5.41, 5.74) is 2.10. The molecule has 4 rings (SSSR count). The summed E-state index contributed by atoms with van der Waals surface area (Å²) >= 11 is 0. The minimum atomic E-state index is -0.132. The van der Waals surface area contributed by atoms with E-state index in [0.717, 1.165) is 43.7 Å². The molecule has 1 aromatic heterocycles. The molecule has 0 unspecified atom stereocenters. The average molecular weight is 380 g/mol. The Balaban J connectivity index is 1.57. The smallest absolute Gasteiger partial charge is 0.249 e. The third-order valence-corrected chi connectivity index (χ3v) is 5.95. The number of nitrogens with zero attached hydrogens (tertiary/aromatic N) is 4. The van der Waals surface area contributed by atoms with Gasteiger partial charge in [0.2, 0.25) is 11.9 Å². The lowest BCUT2D eigenvalue weighted by Gasteiger charge is -2.43. The van der Waals surface area contributed by atoms with Crippen molar-refractivity contribution in [1.29, 1.82) is 0 Å². The number of carbonyl (C=O) groups excluding carboxylic acids is 1. The van der Waals surface area contributed by atoms with E-state index >= 15 is 0 Å². The van der Waals surface area contributed by atoms with Crippen LogP contribution >= 0.6 is 0 Å². The summed E-state index contributed by atoms with van der Waals surface area (Å²) in [6.07, 6.45) is 8.22. The highest BCUT2D eigenvalue weighted by Crippen LogP contribution is 2.39. The summed E-state index contributed by atoms with van der Waals surface area (Å²) in [4.78, 5) is 26.3. The van der Waals surface area contributed by atoms with Gasteiger partial charge in [0.15, 0.2) is 5.82 Å². The topological polar surface area (TPSA) is 61.4 Å². The Hall–Kier alpha value is -2.63. The van der Waals surface area contributed by atoms with Crippen molar-refractivity contribution in [3.8, 4) is 0 Å². The van der Waals surface area contributed by atoms with Crippen LogP contribution in [0.4, 0.5) is 17.5 Å². The minimum Gasteiger partial charge on any atom is -0.354 e. The summed E-state index contributed by atoms with van der Waals surface area (Å²) in [7, 11) is 1.83. The monoisotopic (exact) mass is 379 g/mol. The number of hydrogen-bond donors (Lipinski definition) is 1. The number of nitrogens with one attached hydrogen (secondary N) is 1. The predicted molar refractivity (Wildman–Crippen MR) is 113 cm³/mol. The van der Waals surface area contributed by atoms with Gasteiger partial charge in [-0.05, 0) is 31.2 Å². The van der Waals surface area contributed by atoms with Gasteiger partial charge in [-0.3, -0.25) is 4.79 Å². The van der Waals surface area contributed by atoms with E-state index in [-0.39, 0.29) is 11.9 Å². The lowest BCUT2D eigenvalue weighted by Crippen LogP contribution is -2.55. The summed E-state index contributed by atoms with van der Waals surface area (Å²) in [5.74, 6) is 1.68. The summed E-state index contributed by atoms with van der Waals surface area (Å²) in [6.45, 7) is 2.86. The van der Waals surface area contributed by atoms with Crippen molar-refractivity contribution in [2.24, 2.45) is 0 Å². The molecule has 0 spiro atoms. The predicted octanol–water partition coefficient (Wildman–Crippen LogP) is 3.64. The summed E-state index contributed by atoms with van der Waals surface area (Å²) in [6, 6.07) is 10.7. The Morgan fingerprint density at radius 3 is 2.64 bits per heavy atom. The van der Waals surface area contributed by atoms with Gasteiger partial charge in [-0.2, -0.15) is 4.98 Å². The second-order valence-corrected chi connectivity index (χ2v) is 7.73. The highest BCUT2D eigenvalue weighted by Gasteiger charge is 2.41. The zero-order valence-electron chi connectivity index (χ0n) is 16.8. The van der Waals surface area contributed by atoms with E-state index in [4.69, 9.17) is 4.98 Å². The maximum Gasteiger partial charge on any atom is 0.249 e. The molecule has 1 fully saturated rings. The number of likely N-dealkylation sites (N-methyl/N-ethyl adjacent to an activating group) is 1. The summed E-state index contributed by atoms with van der Waals surface area (Å²) < 4.78 is 0. The first-order valence-corrected chi connectivity index (χ1v) is 10.4. The number of aromatic nitrogens is 2. The van der Waals surface area contributed by atoms with Crippen LogP contribution in [0.3, 0.4) is 0 Å². The molecule has 2 aromatic rings. The van der Waals surface area contributed by atoms with E-state index in [9.17, 15) is 4.79 Å². The Morgan fingerprint density at radius 1 is 1.18 bits per heavy atom. The molecule has 6 heteroatoms. The first-order chi connectivity index (χ1) is 13.7. The maximum absolute atomic E-state index is 12.9. The average Bonchev–Trinajstić information content (AvgIpc) is 3.25. The molecule has 148 valence electrons. The molecule has 0 saturated heterocycles. The van der Waals surface area contributed by atoms with Crippen molar-refractivity contribution >= 4 is 23.4 Å². The number of benzene rings is 1. The van der Waals surface area contributed by atoms with Gasteiger partial charge in [0.1, 0.15) is 11.7 Å². The number of hydrogen-bond acceptors (Lipinski definition) is 5. The number of fused-ring (bicyclic) bond motifs is 1. The Kier molecular flexibility index (Phi) is 5.46. The molecule has 1 aliphatic carbocycles. The van der Waals surface area contributed by atoms with Crippen molar-refractivity contribution in [1.82, 2.24) is 9.97 Å². The largest absolute Gasteiger partial charge is 0.354 e. The maximum atomic E-state index is 12.9.